The van der Waals surface area contributed by atoms with Gasteiger partial charge in [0.15, 0.2) is 0 Å². The maximum atomic E-state index is 12.8. The Morgan fingerprint density at radius 1 is 1.25 bits per heavy atom. The first-order valence-corrected chi connectivity index (χ1v) is 7.68. The number of hydrogen-bond acceptors (Lipinski definition) is 2. The highest BCUT2D eigenvalue weighted by Crippen LogP contribution is 2.45. The molecule has 0 radical (unpaired) electrons. The number of carbonyl (C=O) groups excluding carboxylic acids is 1. The first-order chi connectivity index (χ1) is 9.60. The molecule has 1 aromatic rings. The Balaban J connectivity index is 1.83. The van der Waals surface area contributed by atoms with Crippen molar-refractivity contribution in [3.63, 3.8) is 0 Å². The molecule has 0 bridgehead atoms. The lowest BCUT2D eigenvalue weighted by Gasteiger charge is -2.47. The molecular formula is C16H20ClNO2. The number of aliphatic hydroxyl groups is 1. The summed E-state index contributed by atoms with van der Waals surface area (Å²) in [6.45, 7) is 0.0321. The number of hydrogen-bond donors (Lipinski definition) is 2. The highest BCUT2D eigenvalue weighted by Gasteiger charge is 2.49. The van der Waals surface area contributed by atoms with Crippen LogP contribution in [0.5, 0.6) is 0 Å². The van der Waals surface area contributed by atoms with Crippen molar-refractivity contribution in [2.24, 2.45) is 0 Å². The molecular weight excluding hydrogens is 274 g/mol. The van der Waals surface area contributed by atoms with E-state index < -0.39 is 5.41 Å². The van der Waals surface area contributed by atoms with Crippen LogP contribution in [-0.2, 0) is 10.2 Å². The summed E-state index contributed by atoms with van der Waals surface area (Å²) >= 11 is 6.06. The first-order valence-electron chi connectivity index (χ1n) is 7.30. The van der Waals surface area contributed by atoms with Gasteiger partial charge in [-0.25, -0.2) is 0 Å². The topological polar surface area (TPSA) is 49.3 Å². The van der Waals surface area contributed by atoms with Gasteiger partial charge in [0.1, 0.15) is 0 Å². The van der Waals surface area contributed by atoms with Crippen LogP contribution in [0.1, 0.15) is 44.1 Å². The lowest BCUT2D eigenvalue weighted by atomic mass is 9.63. The fourth-order valence-corrected chi connectivity index (χ4v) is 3.44. The van der Waals surface area contributed by atoms with Gasteiger partial charge in [0.2, 0.25) is 5.91 Å². The molecule has 1 aromatic carbocycles. The van der Waals surface area contributed by atoms with Crippen LogP contribution in [0.3, 0.4) is 0 Å². The van der Waals surface area contributed by atoms with Gasteiger partial charge < -0.3 is 10.4 Å². The molecule has 3 rings (SSSR count). The zero-order chi connectivity index (χ0) is 14.2. The van der Waals surface area contributed by atoms with Crippen molar-refractivity contribution in [2.75, 3.05) is 6.61 Å². The van der Waals surface area contributed by atoms with Crippen molar-refractivity contribution < 1.29 is 9.90 Å². The van der Waals surface area contributed by atoms with E-state index >= 15 is 0 Å². The van der Waals surface area contributed by atoms with Crippen molar-refractivity contribution in [1.29, 1.82) is 0 Å². The Bertz CT molecular complexity index is 515. The minimum atomic E-state index is -0.442. The van der Waals surface area contributed by atoms with Crippen LogP contribution in [0.2, 0.25) is 5.02 Å². The maximum Gasteiger partial charge on any atom is 0.231 e. The van der Waals surface area contributed by atoms with E-state index in [9.17, 15) is 9.90 Å². The van der Waals surface area contributed by atoms with E-state index in [4.69, 9.17) is 11.6 Å². The van der Waals surface area contributed by atoms with Crippen molar-refractivity contribution in [3.05, 3.63) is 34.9 Å². The van der Waals surface area contributed by atoms with Crippen LogP contribution in [0.4, 0.5) is 0 Å². The molecule has 0 aliphatic heterocycles. The van der Waals surface area contributed by atoms with E-state index in [2.05, 4.69) is 5.32 Å². The van der Waals surface area contributed by atoms with E-state index in [-0.39, 0.29) is 18.1 Å². The van der Waals surface area contributed by atoms with E-state index in [1.54, 1.807) is 0 Å². The summed E-state index contributed by atoms with van der Waals surface area (Å²) in [5, 5.41) is 13.3. The molecule has 2 aliphatic carbocycles. The van der Waals surface area contributed by atoms with E-state index in [0.29, 0.717) is 5.02 Å². The van der Waals surface area contributed by atoms with E-state index in [0.717, 1.165) is 44.1 Å². The SMILES string of the molecule is O=C(NC1(CO)CCC1)C1(c2cccc(Cl)c2)CCC1. The fourth-order valence-electron chi connectivity index (χ4n) is 3.25. The van der Waals surface area contributed by atoms with Crippen molar-refractivity contribution in [2.45, 2.75) is 49.5 Å². The fraction of sp³-hybridized carbons (Fsp3) is 0.562. The minimum Gasteiger partial charge on any atom is -0.394 e. The molecule has 2 N–H and O–H groups in total. The standard InChI is InChI=1S/C16H20ClNO2/c17-13-5-1-4-12(10-13)16(8-3-9-16)14(20)18-15(11-19)6-2-7-15/h1,4-5,10,19H,2-3,6-9,11H2,(H,18,20). The summed E-state index contributed by atoms with van der Waals surface area (Å²) in [4.78, 5) is 12.8. The normalized spacial score (nSPS) is 22.5. The third-order valence-electron chi connectivity index (χ3n) is 5.01. The summed E-state index contributed by atoms with van der Waals surface area (Å²) in [5.41, 5.74) is 0.183. The predicted octanol–water partition coefficient (Wildman–Crippen LogP) is 2.79. The highest BCUT2D eigenvalue weighted by molar-refractivity contribution is 6.30. The molecule has 108 valence electrons. The molecule has 2 fully saturated rings. The quantitative estimate of drug-likeness (QED) is 0.897. The zero-order valence-corrected chi connectivity index (χ0v) is 12.2. The van der Waals surface area contributed by atoms with E-state index in [1.165, 1.54) is 0 Å². The molecule has 0 aromatic heterocycles. The first kappa shape index (κ1) is 13.9. The van der Waals surface area contributed by atoms with Crippen molar-refractivity contribution in [3.8, 4) is 0 Å². The Morgan fingerprint density at radius 2 is 1.95 bits per heavy atom. The summed E-state index contributed by atoms with van der Waals surface area (Å²) < 4.78 is 0. The van der Waals surface area contributed by atoms with Gasteiger partial charge in [0.25, 0.3) is 0 Å². The maximum absolute atomic E-state index is 12.8. The molecule has 1 amide bonds. The van der Waals surface area contributed by atoms with Gasteiger partial charge in [-0.2, -0.15) is 0 Å². The highest BCUT2D eigenvalue weighted by atomic mass is 35.5. The Hall–Kier alpha value is -1.06. The second-order valence-corrected chi connectivity index (χ2v) is 6.63. The van der Waals surface area contributed by atoms with Crippen molar-refractivity contribution in [1.82, 2.24) is 5.32 Å². The van der Waals surface area contributed by atoms with Crippen molar-refractivity contribution >= 4 is 17.5 Å². The molecule has 0 heterocycles. The van der Waals surface area contributed by atoms with Gasteiger partial charge in [0.05, 0.1) is 17.6 Å². The molecule has 0 spiro atoms. The smallest absolute Gasteiger partial charge is 0.231 e. The van der Waals surface area contributed by atoms with Crippen LogP contribution in [-0.4, -0.2) is 23.2 Å². The van der Waals surface area contributed by atoms with Gasteiger partial charge in [-0.15, -0.1) is 0 Å². The van der Waals surface area contributed by atoms with Gasteiger partial charge in [0, 0.05) is 5.02 Å². The van der Waals surface area contributed by atoms with Crippen LogP contribution < -0.4 is 5.32 Å². The number of benzene rings is 1. The average Bonchev–Trinajstić information content (AvgIpc) is 2.32. The average molecular weight is 294 g/mol. The number of amides is 1. The Morgan fingerprint density at radius 3 is 2.40 bits per heavy atom. The monoisotopic (exact) mass is 293 g/mol. The Labute approximate surface area is 124 Å². The number of nitrogens with one attached hydrogen (secondary N) is 1. The molecule has 0 atom stereocenters. The van der Waals surface area contributed by atoms with Gasteiger partial charge in [-0.05, 0) is 49.8 Å². The predicted molar refractivity (Wildman–Crippen MR) is 78.8 cm³/mol. The third-order valence-corrected chi connectivity index (χ3v) is 5.25. The molecule has 20 heavy (non-hydrogen) atoms. The molecule has 3 nitrogen and oxygen atoms in total. The zero-order valence-electron chi connectivity index (χ0n) is 11.5. The summed E-state index contributed by atoms with van der Waals surface area (Å²) in [7, 11) is 0. The van der Waals surface area contributed by atoms with Gasteiger partial charge in [-0.1, -0.05) is 30.2 Å². The second-order valence-electron chi connectivity index (χ2n) is 6.19. The largest absolute Gasteiger partial charge is 0.394 e. The van der Waals surface area contributed by atoms with Crippen LogP contribution >= 0.6 is 11.6 Å². The summed E-state index contributed by atoms with van der Waals surface area (Å²) in [5.74, 6) is 0.0553. The number of carbonyl (C=O) groups is 1. The lowest BCUT2D eigenvalue weighted by Crippen LogP contribution is -2.61. The molecule has 2 saturated carbocycles. The number of aliphatic hydroxyl groups excluding tert-OH is 1. The summed E-state index contributed by atoms with van der Waals surface area (Å²) in [6, 6.07) is 7.61. The number of rotatable bonds is 4. The van der Waals surface area contributed by atoms with Crippen LogP contribution in [0.15, 0.2) is 24.3 Å². The molecule has 0 unspecified atom stereocenters. The summed E-state index contributed by atoms with van der Waals surface area (Å²) in [6.07, 6.45) is 5.61. The minimum absolute atomic E-state index is 0.0321. The molecule has 2 aliphatic rings. The molecule has 0 saturated heterocycles. The van der Waals surface area contributed by atoms with Crippen LogP contribution in [0.25, 0.3) is 0 Å². The Kier molecular flexibility index (Phi) is 3.51. The van der Waals surface area contributed by atoms with Gasteiger partial charge in [-0.3, -0.25) is 4.79 Å². The third kappa shape index (κ3) is 2.13. The lowest BCUT2D eigenvalue weighted by molar-refractivity contribution is -0.134. The number of halogens is 1. The van der Waals surface area contributed by atoms with Gasteiger partial charge >= 0.3 is 0 Å². The second kappa shape index (κ2) is 5.05. The van der Waals surface area contributed by atoms with E-state index in [1.807, 2.05) is 24.3 Å². The van der Waals surface area contributed by atoms with Crippen LogP contribution in [0, 0.1) is 0 Å². The molecule has 4 heteroatoms.